The molecule has 21 heavy (non-hydrogen) atoms. The van der Waals surface area contributed by atoms with Gasteiger partial charge in [-0.05, 0) is 34.9 Å². The second kappa shape index (κ2) is 6.07. The predicted octanol–water partition coefficient (Wildman–Crippen LogP) is 0.883. The van der Waals surface area contributed by atoms with Gasteiger partial charge in [-0.1, -0.05) is 11.3 Å². The summed E-state index contributed by atoms with van der Waals surface area (Å²) in [6.07, 6.45) is 1.06. The zero-order valence-electron chi connectivity index (χ0n) is 13.2. The van der Waals surface area contributed by atoms with Crippen molar-refractivity contribution in [3.05, 3.63) is 10.8 Å². The summed E-state index contributed by atoms with van der Waals surface area (Å²) in [5.41, 5.74) is -0.0552. The zero-order chi connectivity index (χ0) is 15.6. The molecule has 116 valence electrons. The number of nitrogens with one attached hydrogen (secondary N) is 1. The molecule has 0 bridgehead atoms. The third kappa shape index (κ3) is 3.76. The van der Waals surface area contributed by atoms with Gasteiger partial charge in [0.05, 0.1) is 0 Å². The Kier molecular flexibility index (Phi) is 4.58. The number of aromatic nitrogens is 4. The molecule has 2 rings (SSSR count). The molecule has 0 aliphatic rings. The number of hydrogen-bond acceptors (Lipinski definition) is 6. The van der Waals surface area contributed by atoms with Crippen LogP contribution in [0.1, 0.15) is 31.1 Å². The molecule has 0 saturated heterocycles. The number of aryl methyl sites for hydroxylation is 2. The molecule has 7 nitrogen and oxygen atoms in total. The van der Waals surface area contributed by atoms with Gasteiger partial charge in [0, 0.05) is 24.9 Å². The van der Waals surface area contributed by atoms with Gasteiger partial charge in [-0.2, -0.15) is 9.61 Å². The van der Waals surface area contributed by atoms with Crippen LogP contribution < -0.4 is 5.32 Å². The van der Waals surface area contributed by atoms with Gasteiger partial charge in [0.2, 0.25) is 10.9 Å². The summed E-state index contributed by atoms with van der Waals surface area (Å²) >= 11 is 1.48. The van der Waals surface area contributed by atoms with Gasteiger partial charge < -0.3 is 10.2 Å². The molecular formula is C13H22N6OS. The summed E-state index contributed by atoms with van der Waals surface area (Å²) in [6.45, 7) is 6.68. The number of carbonyl (C=O) groups excluding carboxylic acids is 1. The molecule has 0 spiro atoms. The maximum absolute atomic E-state index is 11.9. The molecule has 2 heterocycles. The summed E-state index contributed by atoms with van der Waals surface area (Å²) in [6, 6.07) is 0. The number of rotatable bonds is 6. The van der Waals surface area contributed by atoms with Gasteiger partial charge in [-0.25, -0.2) is 0 Å². The first-order valence-electron chi connectivity index (χ1n) is 6.91. The SMILES string of the molecule is Cc1nnc2sc(CCC(=O)NCC(C)(C)N(C)C)nn12. The minimum Gasteiger partial charge on any atom is -0.354 e. The van der Waals surface area contributed by atoms with Gasteiger partial charge in [-0.3, -0.25) is 4.79 Å². The van der Waals surface area contributed by atoms with E-state index in [-0.39, 0.29) is 11.4 Å². The highest BCUT2D eigenvalue weighted by Gasteiger charge is 2.21. The molecule has 2 aromatic rings. The van der Waals surface area contributed by atoms with Crippen LogP contribution in [0.25, 0.3) is 4.96 Å². The lowest BCUT2D eigenvalue weighted by Gasteiger charge is -2.32. The van der Waals surface area contributed by atoms with E-state index in [2.05, 4.69) is 39.4 Å². The lowest BCUT2D eigenvalue weighted by Crippen LogP contribution is -2.48. The van der Waals surface area contributed by atoms with E-state index in [1.807, 2.05) is 21.0 Å². The first-order valence-corrected chi connectivity index (χ1v) is 7.73. The van der Waals surface area contributed by atoms with Crippen molar-refractivity contribution in [3.8, 4) is 0 Å². The van der Waals surface area contributed by atoms with Crippen LogP contribution in [-0.2, 0) is 11.2 Å². The smallest absolute Gasteiger partial charge is 0.234 e. The second-order valence-electron chi connectivity index (χ2n) is 5.92. The summed E-state index contributed by atoms with van der Waals surface area (Å²) in [5, 5.41) is 16.2. The Hall–Kier alpha value is -1.54. The van der Waals surface area contributed by atoms with E-state index in [0.717, 1.165) is 15.8 Å². The molecule has 0 atom stereocenters. The normalized spacial score (nSPS) is 12.3. The van der Waals surface area contributed by atoms with E-state index in [1.54, 1.807) is 4.52 Å². The molecule has 1 N–H and O–H groups in total. The summed E-state index contributed by atoms with van der Waals surface area (Å²) in [5.74, 6) is 0.817. The van der Waals surface area contributed by atoms with Crippen molar-refractivity contribution in [1.82, 2.24) is 30.0 Å². The van der Waals surface area contributed by atoms with Crippen molar-refractivity contribution in [2.45, 2.75) is 39.2 Å². The van der Waals surface area contributed by atoms with Crippen molar-refractivity contribution < 1.29 is 4.79 Å². The van der Waals surface area contributed by atoms with Crippen LogP contribution in [0.15, 0.2) is 0 Å². The summed E-state index contributed by atoms with van der Waals surface area (Å²) in [4.78, 5) is 14.8. The van der Waals surface area contributed by atoms with Crippen LogP contribution in [0, 0.1) is 6.92 Å². The van der Waals surface area contributed by atoms with Gasteiger partial charge in [-0.15, -0.1) is 10.2 Å². The number of fused-ring (bicyclic) bond motifs is 1. The van der Waals surface area contributed by atoms with E-state index in [9.17, 15) is 4.79 Å². The number of amides is 1. The second-order valence-corrected chi connectivity index (χ2v) is 6.96. The Morgan fingerprint density at radius 1 is 1.38 bits per heavy atom. The summed E-state index contributed by atoms with van der Waals surface area (Å²) < 4.78 is 1.72. The van der Waals surface area contributed by atoms with Crippen molar-refractivity contribution >= 4 is 22.2 Å². The maximum Gasteiger partial charge on any atom is 0.234 e. The van der Waals surface area contributed by atoms with Crippen molar-refractivity contribution in [2.24, 2.45) is 0 Å². The van der Waals surface area contributed by atoms with Gasteiger partial charge in [0.25, 0.3) is 0 Å². The van der Waals surface area contributed by atoms with Crippen LogP contribution in [0.4, 0.5) is 0 Å². The Morgan fingerprint density at radius 2 is 2.10 bits per heavy atom. The molecule has 0 saturated carbocycles. The highest BCUT2D eigenvalue weighted by Crippen LogP contribution is 2.15. The zero-order valence-corrected chi connectivity index (χ0v) is 14.0. The fourth-order valence-electron chi connectivity index (χ4n) is 1.64. The van der Waals surface area contributed by atoms with Gasteiger partial charge in [0.1, 0.15) is 5.01 Å². The van der Waals surface area contributed by atoms with Crippen molar-refractivity contribution in [2.75, 3.05) is 20.6 Å². The van der Waals surface area contributed by atoms with Crippen LogP contribution >= 0.6 is 11.3 Å². The number of carbonyl (C=O) groups is 1. The summed E-state index contributed by atoms with van der Waals surface area (Å²) in [7, 11) is 4.02. The fourth-order valence-corrected chi connectivity index (χ4v) is 2.52. The number of hydrogen-bond donors (Lipinski definition) is 1. The van der Waals surface area contributed by atoms with Crippen molar-refractivity contribution in [1.29, 1.82) is 0 Å². The maximum atomic E-state index is 11.9. The topological polar surface area (TPSA) is 75.4 Å². The van der Waals surface area contributed by atoms with Crippen LogP contribution in [0.2, 0.25) is 0 Å². The average molecular weight is 310 g/mol. The monoisotopic (exact) mass is 310 g/mol. The third-order valence-electron chi connectivity index (χ3n) is 3.68. The Balaban J connectivity index is 1.83. The molecule has 1 amide bonds. The van der Waals surface area contributed by atoms with Gasteiger partial charge >= 0.3 is 0 Å². The highest BCUT2D eigenvalue weighted by atomic mass is 32.1. The van der Waals surface area contributed by atoms with Crippen LogP contribution in [-0.4, -0.2) is 56.8 Å². The fraction of sp³-hybridized carbons (Fsp3) is 0.692. The Bertz CT molecular complexity index is 630. The van der Waals surface area contributed by atoms with Gasteiger partial charge in [0.15, 0.2) is 5.82 Å². The van der Waals surface area contributed by atoms with Crippen LogP contribution in [0.3, 0.4) is 0 Å². The first kappa shape index (κ1) is 15.8. The Morgan fingerprint density at radius 3 is 2.71 bits per heavy atom. The lowest BCUT2D eigenvalue weighted by atomic mass is 10.0. The molecular weight excluding hydrogens is 288 g/mol. The highest BCUT2D eigenvalue weighted by molar-refractivity contribution is 7.16. The number of likely N-dealkylation sites (N-methyl/N-ethyl adjacent to an activating group) is 1. The van der Waals surface area contributed by atoms with E-state index in [4.69, 9.17) is 0 Å². The average Bonchev–Trinajstić information content (AvgIpc) is 2.96. The molecule has 0 fully saturated rings. The molecule has 0 unspecified atom stereocenters. The van der Waals surface area contributed by atoms with E-state index in [1.165, 1.54) is 11.3 Å². The van der Waals surface area contributed by atoms with Crippen molar-refractivity contribution in [3.63, 3.8) is 0 Å². The minimum atomic E-state index is -0.0552. The molecule has 0 aliphatic heterocycles. The standard InChI is InChI=1S/C13H22N6OS/c1-9-15-16-12-19(9)17-11(21-12)7-6-10(20)14-8-13(2,3)18(4)5/h6-8H2,1-5H3,(H,14,20). The van der Waals surface area contributed by atoms with E-state index < -0.39 is 0 Å². The third-order valence-corrected chi connectivity index (χ3v) is 4.64. The largest absolute Gasteiger partial charge is 0.354 e. The number of nitrogens with zero attached hydrogens (tertiary/aromatic N) is 5. The Labute approximate surface area is 128 Å². The van der Waals surface area contributed by atoms with E-state index >= 15 is 0 Å². The minimum absolute atomic E-state index is 0.0487. The first-order chi connectivity index (χ1) is 9.79. The molecule has 8 heteroatoms. The quantitative estimate of drug-likeness (QED) is 0.857. The molecule has 0 aromatic carbocycles. The molecule has 0 radical (unpaired) electrons. The van der Waals surface area contributed by atoms with Crippen LogP contribution in [0.5, 0.6) is 0 Å². The molecule has 2 aromatic heterocycles. The molecule has 0 aliphatic carbocycles. The van der Waals surface area contributed by atoms with E-state index in [0.29, 0.717) is 19.4 Å². The lowest BCUT2D eigenvalue weighted by molar-refractivity contribution is -0.121. The predicted molar refractivity (Wildman–Crippen MR) is 82.5 cm³/mol.